The molecule has 0 saturated heterocycles. The summed E-state index contributed by atoms with van der Waals surface area (Å²) in [5.74, 6) is 1.70. The van der Waals surface area contributed by atoms with Crippen molar-refractivity contribution in [3.8, 4) is 11.6 Å². The Kier molecular flexibility index (Phi) is 4.43. The highest BCUT2D eigenvalue weighted by Gasteiger charge is 2.12. The summed E-state index contributed by atoms with van der Waals surface area (Å²) < 4.78 is 6.70. The smallest absolute Gasteiger partial charge is 0.242 e. The minimum atomic E-state index is 0.438. The fraction of sp³-hybridized carbons (Fsp3) is 0.267. The van der Waals surface area contributed by atoms with E-state index in [0.29, 0.717) is 17.5 Å². The summed E-state index contributed by atoms with van der Waals surface area (Å²) in [5.41, 5.74) is 7.61. The first-order valence-electron chi connectivity index (χ1n) is 6.29. The van der Waals surface area contributed by atoms with Crippen LogP contribution in [-0.2, 0) is 0 Å². The quantitative estimate of drug-likeness (QED) is 0.885. The standard InChI is InChI=1S/C15H17BrN2O/c1-3-10(2)12-6-4-5-7-14(12)19-15-13(17)8-11(16)9-18-15/h4-10H,3,17H2,1-2H3. The fourth-order valence-electron chi connectivity index (χ4n) is 1.83. The molecule has 0 aliphatic rings. The van der Waals surface area contributed by atoms with Crippen molar-refractivity contribution in [2.45, 2.75) is 26.2 Å². The first-order valence-corrected chi connectivity index (χ1v) is 7.09. The molecule has 0 aliphatic heterocycles. The van der Waals surface area contributed by atoms with E-state index in [1.165, 1.54) is 5.56 Å². The minimum Gasteiger partial charge on any atom is -0.437 e. The predicted octanol–water partition coefficient (Wildman–Crippen LogP) is 4.73. The van der Waals surface area contributed by atoms with Crippen molar-refractivity contribution in [2.24, 2.45) is 0 Å². The van der Waals surface area contributed by atoms with Crippen molar-refractivity contribution in [3.63, 3.8) is 0 Å². The summed E-state index contributed by atoms with van der Waals surface area (Å²) in [6.07, 6.45) is 2.74. The van der Waals surface area contributed by atoms with E-state index in [9.17, 15) is 0 Å². The lowest BCUT2D eigenvalue weighted by atomic mass is 9.98. The summed E-state index contributed by atoms with van der Waals surface area (Å²) in [6, 6.07) is 9.79. The molecule has 2 N–H and O–H groups in total. The molecule has 1 heterocycles. The molecule has 1 aromatic carbocycles. The number of hydrogen-bond acceptors (Lipinski definition) is 3. The molecule has 1 aromatic heterocycles. The van der Waals surface area contributed by atoms with Crippen molar-refractivity contribution < 1.29 is 4.74 Å². The molecule has 4 heteroatoms. The molecule has 0 spiro atoms. The maximum absolute atomic E-state index is 5.91. The van der Waals surface area contributed by atoms with Crippen LogP contribution in [0.25, 0.3) is 0 Å². The van der Waals surface area contributed by atoms with Crippen LogP contribution in [-0.4, -0.2) is 4.98 Å². The number of nitrogen functional groups attached to an aromatic ring is 1. The lowest BCUT2D eigenvalue weighted by molar-refractivity contribution is 0.454. The van der Waals surface area contributed by atoms with Crippen LogP contribution in [0.5, 0.6) is 11.6 Å². The number of rotatable bonds is 4. The van der Waals surface area contributed by atoms with Crippen LogP contribution < -0.4 is 10.5 Å². The topological polar surface area (TPSA) is 48.1 Å². The van der Waals surface area contributed by atoms with Crippen molar-refractivity contribution in [3.05, 3.63) is 46.6 Å². The number of halogens is 1. The highest BCUT2D eigenvalue weighted by molar-refractivity contribution is 9.10. The third-order valence-corrected chi connectivity index (χ3v) is 3.55. The van der Waals surface area contributed by atoms with Gasteiger partial charge in [-0.25, -0.2) is 4.98 Å². The first kappa shape index (κ1) is 13.9. The molecule has 0 saturated carbocycles. The van der Waals surface area contributed by atoms with Gasteiger partial charge >= 0.3 is 0 Å². The third-order valence-electron chi connectivity index (χ3n) is 3.11. The number of nitrogens with zero attached hydrogens (tertiary/aromatic N) is 1. The summed E-state index contributed by atoms with van der Waals surface area (Å²) in [5, 5.41) is 0. The molecule has 2 aromatic rings. The van der Waals surface area contributed by atoms with Gasteiger partial charge in [0.05, 0.1) is 5.69 Å². The summed E-state index contributed by atoms with van der Waals surface area (Å²) in [4.78, 5) is 4.21. The van der Waals surface area contributed by atoms with Gasteiger partial charge < -0.3 is 10.5 Å². The molecule has 3 nitrogen and oxygen atoms in total. The number of ether oxygens (including phenoxy) is 1. The van der Waals surface area contributed by atoms with E-state index in [4.69, 9.17) is 10.5 Å². The first-order chi connectivity index (χ1) is 9.11. The van der Waals surface area contributed by atoms with Gasteiger partial charge in [0.15, 0.2) is 0 Å². The molecule has 2 rings (SSSR count). The Morgan fingerprint density at radius 2 is 2.11 bits per heavy atom. The van der Waals surface area contributed by atoms with Gasteiger partial charge in [0, 0.05) is 10.7 Å². The van der Waals surface area contributed by atoms with Gasteiger partial charge in [0.1, 0.15) is 5.75 Å². The zero-order valence-corrected chi connectivity index (χ0v) is 12.6. The minimum absolute atomic E-state index is 0.438. The summed E-state index contributed by atoms with van der Waals surface area (Å²) >= 11 is 3.33. The molecule has 1 atom stereocenters. The normalized spacial score (nSPS) is 12.2. The Labute approximate surface area is 121 Å². The Morgan fingerprint density at radius 1 is 1.37 bits per heavy atom. The van der Waals surface area contributed by atoms with Gasteiger partial charge in [-0.1, -0.05) is 32.0 Å². The summed E-state index contributed by atoms with van der Waals surface area (Å²) in [7, 11) is 0. The molecule has 0 amide bonds. The van der Waals surface area contributed by atoms with Crippen LogP contribution in [0.1, 0.15) is 31.7 Å². The second-order valence-electron chi connectivity index (χ2n) is 4.50. The Morgan fingerprint density at radius 3 is 2.79 bits per heavy atom. The highest BCUT2D eigenvalue weighted by Crippen LogP contribution is 2.33. The van der Waals surface area contributed by atoms with Gasteiger partial charge in [-0.15, -0.1) is 0 Å². The number of pyridine rings is 1. The molecule has 1 unspecified atom stereocenters. The van der Waals surface area contributed by atoms with E-state index < -0.39 is 0 Å². The largest absolute Gasteiger partial charge is 0.437 e. The van der Waals surface area contributed by atoms with Gasteiger partial charge in [-0.05, 0) is 46.0 Å². The van der Waals surface area contributed by atoms with E-state index in [0.717, 1.165) is 16.6 Å². The SMILES string of the molecule is CCC(C)c1ccccc1Oc1ncc(Br)cc1N. The maximum atomic E-state index is 5.91. The van der Waals surface area contributed by atoms with Crippen molar-refractivity contribution in [2.75, 3.05) is 5.73 Å². The number of aromatic nitrogens is 1. The van der Waals surface area contributed by atoms with Crippen molar-refractivity contribution in [1.82, 2.24) is 4.98 Å². The van der Waals surface area contributed by atoms with E-state index in [1.54, 1.807) is 12.3 Å². The number of benzene rings is 1. The zero-order valence-electron chi connectivity index (χ0n) is 11.1. The molecule has 0 aliphatic carbocycles. The van der Waals surface area contributed by atoms with E-state index in [-0.39, 0.29) is 0 Å². The van der Waals surface area contributed by atoms with E-state index >= 15 is 0 Å². The Hall–Kier alpha value is -1.55. The molecule has 0 fully saturated rings. The predicted molar refractivity (Wildman–Crippen MR) is 81.6 cm³/mol. The molecule has 0 radical (unpaired) electrons. The Balaban J connectivity index is 2.33. The number of hydrogen-bond donors (Lipinski definition) is 1. The van der Waals surface area contributed by atoms with Crippen LogP contribution in [0.15, 0.2) is 41.0 Å². The van der Waals surface area contributed by atoms with Gasteiger partial charge in [-0.3, -0.25) is 0 Å². The number of para-hydroxylation sites is 1. The Bertz CT molecular complexity index is 572. The van der Waals surface area contributed by atoms with Crippen LogP contribution in [0, 0.1) is 0 Å². The average molecular weight is 321 g/mol. The van der Waals surface area contributed by atoms with Crippen LogP contribution in [0.4, 0.5) is 5.69 Å². The molecular weight excluding hydrogens is 304 g/mol. The molecule has 0 bridgehead atoms. The second-order valence-corrected chi connectivity index (χ2v) is 5.41. The monoisotopic (exact) mass is 320 g/mol. The number of nitrogens with two attached hydrogens (primary N) is 1. The highest BCUT2D eigenvalue weighted by atomic mass is 79.9. The fourth-order valence-corrected chi connectivity index (χ4v) is 2.18. The lowest BCUT2D eigenvalue weighted by Gasteiger charge is -2.15. The van der Waals surface area contributed by atoms with Crippen molar-refractivity contribution in [1.29, 1.82) is 0 Å². The molecule has 100 valence electrons. The van der Waals surface area contributed by atoms with Crippen LogP contribution in [0.2, 0.25) is 0 Å². The molecule has 19 heavy (non-hydrogen) atoms. The van der Waals surface area contributed by atoms with Crippen molar-refractivity contribution >= 4 is 21.6 Å². The zero-order chi connectivity index (χ0) is 13.8. The average Bonchev–Trinajstić information content (AvgIpc) is 2.41. The maximum Gasteiger partial charge on any atom is 0.242 e. The second kappa shape index (κ2) is 6.06. The third kappa shape index (κ3) is 3.26. The lowest BCUT2D eigenvalue weighted by Crippen LogP contribution is -1.99. The van der Waals surface area contributed by atoms with Gasteiger partial charge in [-0.2, -0.15) is 0 Å². The van der Waals surface area contributed by atoms with Gasteiger partial charge in [0.2, 0.25) is 5.88 Å². The van der Waals surface area contributed by atoms with E-state index in [1.807, 2.05) is 18.2 Å². The van der Waals surface area contributed by atoms with E-state index in [2.05, 4.69) is 40.8 Å². The molecular formula is C15H17BrN2O. The summed E-state index contributed by atoms with van der Waals surface area (Å²) in [6.45, 7) is 4.34. The number of anilines is 1. The van der Waals surface area contributed by atoms with Crippen LogP contribution in [0.3, 0.4) is 0 Å². The van der Waals surface area contributed by atoms with Gasteiger partial charge in [0.25, 0.3) is 0 Å². The van der Waals surface area contributed by atoms with Crippen LogP contribution >= 0.6 is 15.9 Å².